The number of thiazole rings is 1. The molecular formula is C15H21FIN5S. The van der Waals surface area contributed by atoms with E-state index in [-0.39, 0.29) is 36.3 Å². The van der Waals surface area contributed by atoms with Crippen LogP contribution in [0.15, 0.2) is 28.7 Å². The zero-order valence-corrected chi connectivity index (χ0v) is 16.5. The van der Waals surface area contributed by atoms with Crippen LogP contribution in [0.5, 0.6) is 0 Å². The Labute approximate surface area is 156 Å². The molecule has 2 N–H and O–H groups in total. The Bertz CT molecular complexity index is 644. The molecule has 0 radical (unpaired) electrons. The molecule has 0 bridgehead atoms. The van der Waals surface area contributed by atoms with Crippen molar-refractivity contribution < 1.29 is 4.39 Å². The van der Waals surface area contributed by atoms with Crippen molar-refractivity contribution in [2.75, 3.05) is 7.05 Å². The first kappa shape index (κ1) is 19.8. The number of hydrogen-bond donors (Lipinski definition) is 2. The zero-order valence-electron chi connectivity index (χ0n) is 13.3. The number of pyridine rings is 1. The van der Waals surface area contributed by atoms with Gasteiger partial charge in [0.25, 0.3) is 0 Å². The molecule has 0 aromatic carbocycles. The van der Waals surface area contributed by atoms with E-state index in [2.05, 4.69) is 44.8 Å². The molecule has 0 aliphatic heterocycles. The Hall–Kier alpha value is -1.29. The minimum atomic E-state index is -0.327. The summed E-state index contributed by atoms with van der Waals surface area (Å²) in [5.74, 6) is 0.688. The first-order chi connectivity index (χ1) is 10.6. The Balaban J connectivity index is 0.00000264. The third kappa shape index (κ3) is 6.02. The second-order valence-electron chi connectivity index (χ2n) is 5.03. The van der Waals surface area contributed by atoms with Crippen LogP contribution in [0.25, 0.3) is 0 Å². The fourth-order valence-corrected chi connectivity index (χ4v) is 2.66. The minimum absolute atomic E-state index is 0. The van der Waals surface area contributed by atoms with Crippen molar-refractivity contribution in [2.45, 2.75) is 32.9 Å². The molecule has 2 rings (SSSR count). The monoisotopic (exact) mass is 449 g/mol. The highest BCUT2D eigenvalue weighted by atomic mass is 127. The van der Waals surface area contributed by atoms with E-state index >= 15 is 0 Å². The number of hydrogen-bond acceptors (Lipinski definition) is 4. The third-order valence-corrected chi connectivity index (χ3v) is 3.92. The highest BCUT2D eigenvalue weighted by Gasteiger charge is 2.07. The number of nitrogens with one attached hydrogen (secondary N) is 2. The van der Waals surface area contributed by atoms with Gasteiger partial charge in [-0.2, -0.15) is 0 Å². The quantitative estimate of drug-likeness (QED) is 0.418. The molecule has 0 aliphatic carbocycles. The Morgan fingerprint density at radius 2 is 2.09 bits per heavy atom. The van der Waals surface area contributed by atoms with Gasteiger partial charge < -0.3 is 10.6 Å². The van der Waals surface area contributed by atoms with Crippen molar-refractivity contribution in [3.8, 4) is 0 Å². The summed E-state index contributed by atoms with van der Waals surface area (Å²) >= 11 is 1.62. The smallest absolute Gasteiger partial charge is 0.191 e. The van der Waals surface area contributed by atoms with Crippen molar-refractivity contribution in [1.82, 2.24) is 20.6 Å². The molecule has 0 aliphatic rings. The molecule has 126 valence electrons. The number of nitrogens with zero attached hydrogens (tertiary/aromatic N) is 3. The first-order valence-electron chi connectivity index (χ1n) is 7.08. The molecule has 0 unspecified atom stereocenters. The van der Waals surface area contributed by atoms with E-state index in [0.717, 1.165) is 10.7 Å². The minimum Gasteiger partial charge on any atom is -0.351 e. The van der Waals surface area contributed by atoms with Crippen LogP contribution in [-0.2, 0) is 13.1 Å². The fraction of sp³-hybridized carbons (Fsp3) is 0.400. The first-order valence-corrected chi connectivity index (χ1v) is 7.96. The van der Waals surface area contributed by atoms with Crippen molar-refractivity contribution >= 4 is 41.3 Å². The van der Waals surface area contributed by atoms with Gasteiger partial charge in [-0.15, -0.1) is 35.3 Å². The largest absolute Gasteiger partial charge is 0.351 e. The Morgan fingerprint density at radius 3 is 2.70 bits per heavy atom. The lowest BCUT2D eigenvalue weighted by atomic mass is 10.2. The van der Waals surface area contributed by atoms with Gasteiger partial charge in [-0.3, -0.25) is 9.98 Å². The van der Waals surface area contributed by atoms with Gasteiger partial charge in [0.05, 0.1) is 24.5 Å². The molecule has 2 aromatic heterocycles. The van der Waals surface area contributed by atoms with Gasteiger partial charge in [0.2, 0.25) is 0 Å². The molecule has 5 nitrogen and oxygen atoms in total. The number of guanidine groups is 1. The topological polar surface area (TPSA) is 62.2 Å². The van der Waals surface area contributed by atoms with E-state index in [1.807, 2.05) is 0 Å². The summed E-state index contributed by atoms with van der Waals surface area (Å²) in [6.07, 6.45) is 1.57. The number of rotatable bonds is 5. The molecular weight excluding hydrogens is 428 g/mol. The molecule has 8 heteroatoms. The molecule has 0 atom stereocenters. The van der Waals surface area contributed by atoms with Gasteiger partial charge in [0, 0.05) is 18.6 Å². The van der Waals surface area contributed by atoms with Gasteiger partial charge in [0.15, 0.2) is 5.96 Å². The SMILES string of the molecule is CN=C(NCc1nc(C(C)C)cs1)NCc1ncccc1F.I. The summed E-state index contributed by atoms with van der Waals surface area (Å²) in [6, 6.07) is 2.96. The maximum absolute atomic E-state index is 13.5. The zero-order chi connectivity index (χ0) is 15.9. The summed E-state index contributed by atoms with van der Waals surface area (Å²) in [7, 11) is 1.67. The maximum atomic E-state index is 13.5. The second-order valence-corrected chi connectivity index (χ2v) is 5.97. The van der Waals surface area contributed by atoms with Gasteiger partial charge in [-0.05, 0) is 18.1 Å². The van der Waals surface area contributed by atoms with E-state index in [9.17, 15) is 4.39 Å². The fourth-order valence-electron chi connectivity index (χ4n) is 1.77. The van der Waals surface area contributed by atoms with Crippen molar-refractivity contribution in [2.24, 2.45) is 4.99 Å². The van der Waals surface area contributed by atoms with Gasteiger partial charge in [-0.25, -0.2) is 9.37 Å². The summed E-state index contributed by atoms with van der Waals surface area (Å²) in [6.45, 7) is 5.10. The highest BCUT2D eigenvalue weighted by Crippen LogP contribution is 2.17. The molecule has 0 saturated heterocycles. The maximum Gasteiger partial charge on any atom is 0.191 e. The lowest BCUT2D eigenvalue weighted by Crippen LogP contribution is -2.36. The van der Waals surface area contributed by atoms with Crippen molar-refractivity contribution in [3.63, 3.8) is 0 Å². The molecule has 23 heavy (non-hydrogen) atoms. The molecule has 0 spiro atoms. The number of halogens is 2. The van der Waals surface area contributed by atoms with E-state index in [4.69, 9.17) is 0 Å². The Morgan fingerprint density at radius 1 is 1.35 bits per heavy atom. The summed E-state index contributed by atoms with van der Waals surface area (Å²) in [4.78, 5) is 12.7. The van der Waals surface area contributed by atoms with Gasteiger partial charge >= 0.3 is 0 Å². The lowest BCUT2D eigenvalue weighted by molar-refractivity contribution is 0.592. The van der Waals surface area contributed by atoms with Crippen molar-refractivity contribution in [1.29, 1.82) is 0 Å². The van der Waals surface area contributed by atoms with Crippen LogP contribution in [-0.4, -0.2) is 23.0 Å². The van der Waals surface area contributed by atoms with E-state index in [0.29, 0.717) is 24.1 Å². The average Bonchev–Trinajstić information content (AvgIpc) is 2.98. The van der Waals surface area contributed by atoms with E-state index < -0.39 is 0 Å². The lowest BCUT2D eigenvalue weighted by Gasteiger charge is -2.10. The van der Waals surface area contributed by atoms with Crippen LogP contribution in [0, 0.1) is 5.82 Å². The number of aliphatic imine (C=N–C) groups is 1. The Kier molecular flexibility index (Phi) is 8.38. The molecule has 0 fully saturated rings. The van der Waals surface area contributed by atoms with E-state index in [1.165, 1.54) is 6.07 Å². The average molecular weight is 449 g/mol. The molecule has 2 aromatic rings. The molecule has 0 amide bonds. The molecule has 2 heterocycles. The van der Waals surface area contributed by atoms with Crippen molar-refractivity contribution in [3.05, 3.63) is 45.9 Å². The summed E-state index contributed by atoms with van der Waals surface area (Å²) in [5, 5.41) is 9.27. The van der Waals surface area contributed by atoms with E-state index in [1.54, 1.807) is 30.6 Å². The highest BCUT2D eigenvalue weighted by molar-refractivity contribution is 14.0. The van der Waals surface area contributed by atoms with Crippen LogP contribution >= 0.6 is 35.3 Å². The third-order valence-electron chi connectivity index (χ3n) is 3.05. The predicted molar refractivity (Wildman–Crippen MR) is 103 cm³/mol. The van der Waals surface area contributed by atoms with Crippen LogP contribution in [0.4, 0.5) is 4.39 Å². The summed E-state index contributed by atoms with van der Waals surface area (Å²) in [5.41, 5.74) is 1.46. The second kappa shape index (κ2) is 9.76. The number of aromatic nitrogens is 2. The molecule has 0 saturated carbocycles. The van der Waals surface area contributed by atoms with Gasteiger partial charge in [0.1, 0.15) is 10.8 Å². The normalized spacial score (nSPS) is 11.3. The van der Waals surface area contributed by atoms with Crippen LogP contribution in [0.1, 0.15) is 36.2 Å². The standard InChI is InChI=1S/C15H20FN5S.HI/c1-10(2)13-9-22-14(21-13)8-20-15(17-3)19-7-12-11(16)5-4-6-18-12;/h4-6,9-10H,7-8H2,1-3H3,(H2,17,19,20);1H. The van der Waals surface area contributed by atoms with Crippen LogP contribution < -0.4 is 10.6 Å². The van der Waals surface area contributed by atoms with Gasteiger partial charge in [-0.1, -0.05) is 13.8 Å². The predicted octanol–water partition coefficient (Wildman–Crippen LogP) is 3.28. The van der Waals surface area contributed by atoms with Crippen LogP contribution in [0.3, 0.4) is 0 Å². The summed E-state index contributed by atoms with van der Waals surface area (Å²) < 4.78 is 13.5. The van der Waals surface area contributed by atoms with Crippen LogP contribution in [0.2, 0.25) is 0 Å².